The highest BCUT2D eigenvalue weighted by Gasteiger charge is 2.37. The largest absolute Gasteiger partial charge is 0.480 e. The van der Waals surface area contributed by atoms with Crippen LogP contribution in [0.25, 0.3) is 0 Å². The van der Waals surface area contributed by atoms with Crippen LogP contribution in [0.5, 0.6) is 0 Å². The highest BCUT2D eigenvalue weighted by molar-refractivity contribution is 6.07. The van der Waals surface area contributed by atoms with E-state index in [-0.39, 0.29) is 12.1 Å². The van der Waals surface area contributed by atoms with Gasteiger partial charge in [0.25, 0.3) is 0 Å². The van der Waals surface area contributed by atoms with Crippen LogP contribution in [0.2, 0.25) is 0 Å². The van der Waals surface area contributed by atoms with E-state index in [1.807, 2.05) is 14.0 Å². The molecule has 0 aromatic heterocycles. The molecule has 0 saturated carbocycles. The number of aliphatic carboxylic acids is 1. The van der Waals surface area contributed by atoms with E-state index in [9.17, 15) is 4.79 Å². The Morgan fingerprint density at radius 1 is 1.58 bits per heavy atom. The molecule has 9 heteroatoms. The van der Waals surface area contributed by atoms with Gasteiger partial charge in [-0.15, -0.1) is 0 Å². The van der Waals surface area contributed by atoms with E-state index in [2.05, 4.69) is 22.2 Å². The molecule has 140 valence electrons. The van der Waals surface area contributed by atoms with Gasteiger partial charge in [-0.1, -0.05) is 0 Å². The van der Waals surface area contributed by atoms with Crippen LogP contribution in [-0.2, 0) is 4.79 Å². The maximum atomic E-state index is 11.1. The molecule has 0 amide bonds. The molecule has 1 fully saturated rings. The fourth-order valence-electron chi connectivity index (χ4n) is 3.60. The number of piperidine rings is 1. The van der Waals surface area contributed by atoms with E-state index in [4.69, 9.17) is 15.5 Å². The summed E-state index contributed by atoms with van der Waals surface area (Å²) in [5, 5.41) is 32.2. The van der Waals surface area contributed by atoms with Crippen molar-refractivity contribution in [1.29, 1.82) is 5.41 Å². The van der Waals surface area contributed by atoms with E-state index < -0.39 is 12.0 Å². The molecule has 3 aliphatic heterocycles. The number of hydrazone groups is 2. The first-order valence-electron chi connectivity index (χ1n) is 8.71. The van der Waals surface area contributed by atoms with Crippen molar-refractivity contribution in [3.63, 3.8) is 0 Å². The maximum absolute atomic E-state index is 11.1. The topological polar surface area (TPSA) is 117 Å². The van der Waals surface area contributed by atoms with Crippen LogP contribution in [0.1, 0.15) is 26.2 Å². The highest BCUT2D eigenvalue weighted by Crippen LogP contribution is 2.29. The molecule has 0 aromatic rings. The van der Waals surface area contributed by atoms with Crippen LogP contribution in [-0.4, -0.2) is 77.9 Å². The second kappa shape index (κ2) is 7.36. The van der Waals surface area contributed by atoms with Gasteiger partial charge in [0.1, 0.15) is 11.9 Å². The molecule has 3 aliphatic rings. The number of nitrogens with one attached hydrogen (secondary N) is 2. The van der Waals surface area contributed by atoms with Crippen LogP contribution in [0.3, 0.4) is 0 Å². The Morgan fingerprint density at radius 2 is 2.35 bits per heavy atom. The molecule has 0 aliphatic carbocycles. The lowest BCUT2D eigenvalue weighted by molar-refractivity contribution is -0.140. The number of rotatable bonds is 5. The van der Waals surface area contributed by atoms with Gasteiger partial charge in [-0.2, -0.15) is 10.2 Å². The zero-order chi connectivity index (χ0) is 18.8. The average molecular weight is 359 g/mol. The maximum Gasteiger partial charge on any atom is 0.320 e. The third kappa shape index (κ3) is 3.52. The first-order valence-corrected chi connectivity index (χ1v) is 8.71. The number of likely N-dealkylation sites (N-methyl/N-ethyl adjacent to an activating group) is 1. The molecule has 3 N–H and O–H groups in total. The SMILES string of the molecule is C=NN(C)C/C(C)=C1/C=NN2C(=N)CC(C3CCC(C(=O)O)NC3)=NC12. The van der Waals surface area contributed by atoms with E-state index in [1.165, 1.54) is 0 Å². The Balaban J connectivity index is 1.79. The summed E-state index contributed by atoms with van der Waals surface area (Å²) >= 11 is 0. The summed E-state index contributed by atoms with van der Waals surface area (Å²) < 4.78 is 0. The average Bonchev–Trinajstić information content (AvgIpc) is 3.06. The summed E-state index contributed by atoms with van der Waals surface area (Å²) in [5.41, 5.74) is 3.02. The van der Waals surface area contributed by atoms with Crippen LogP contribution < -0.4 is 5.32 Å². The first-order chi connectivity index (χ1) is 12.4. The van der Waals surface area contributed by atoms with Crippen molar-refractivity contribution in [1.82, 2.24) is 15.3 Å². The lowest BCUT2D eigenvalue weighted by Gasteiger charge is -2.34. The quantitative estimate of drug-likeness (QED) is 0.495. The molecule has 3 rings (SSSR count). The second-order valence-corrected chi connectivity index (χ2v) is 6.97. The van der Waals surface area contributed by atoms with Gasteiger partial charge in [-0.3, -0.25) is 20.2 Å². The van der Waals surface area contributed by atoms with Crippen LogP contribution in [0.15, 0.2) is 26.3 Å². The first kappa shape index (κ1) is 18.2. The Labute approximate surface area is 152 Å². The predicted molar refractivity (Wildman–Crippen MR) is 101 cm³/mol. The van der Waals surface area contributed by atoms with E-state index in [1.54, 1.807) is 16.2 Å². The Hall–Kier alpha value is -2.55. The molecular formula is C17H25N7O2. The molecule has 1 saturated heterocycles. The van der Waals surface area contributed by atoms with Gasteiger partial charge >= 0.3 is 5.97 Å². The Kier molecular flexibility index (Phi) is 5.17. The van der Waals surface area contributed by atoms with Crippen molar-refractivity contribution in [2.45, 2.75) is 38.4 Å². The molecule has 3 heterocycles. The molecule has 9 nitrogen and oxygen atoms in total. The van der Waals surface area contributed by atoms with Gasteiger partial charge < -0.3 is 10.4 Å². The number of hydrogen-bond donors (Lipinski definition) is 3. The van der Waals surface area contributed by atoms with Crippen molar-refractivity contribution >= 4 is 30.4 Å². The van der Waals surface area contributed by atoms with Crippen molar-refractivity contribution in [3.8, 4) is 0 Å². The van der Waals surface area contributed by atoms with Crippen LogP contribution in [0.4, 0.5) is 0 Å². The molecule has 3 atom stereocenters. The minimum absolute atomic E-state index is 0.160. The summed E-state index contributed by atoms with van der Waals surface area (Å²) in [6.45, 7) is 6.74. The molecule has 0 spiro atoms. The number of carboxylic acid groups (broad SMARTS) is 1. The van der Waals surface area contributed by atoms with Crippen LogP contribution >= 0.6 is 0 Å². The number of carboxylic acids is 1. The third-order valence-electron chi connectivity index (χ3n) is 5.13. The van der Waals surface area contributed by atoms with Gasteiger partial charge in [0, 0.05) is 43.9 Å². The summed E-state index contributed by atoms with van der Waals surface area (Å²) in [6, 6.07) is -0.485. The molecule has 0 aromatic carbocycles. The van der Waals surface area contributed by atoms with E-state index >= 15 is 0 Å². The van der Waals surface area contributed by atoms with Crippen LogP contribution in [0, 0.1) is 11.3 Å². The zero-order valence-electron chi connectivity index (χ0n) is 15.1. The fourth-order valence-corrected chi connectivity index (χ4v) is 3.60. The standard InChI is InChI=1S/C17H25N7O2/c1-10(9-23(3)19-2)12-8-21-24-15(18)6-14(22-16(12)24)11-4-5-13(17(25)26)20-7-11/h8,11,13,16,18,20H,2,4-7,9H2,1,3H3,(H,25,26)/b12-10-,18-15?. The molecule has 3 unspecified atom stereocenters. The number of fused-ring (bicyclic) bond motifs is 1. The van der Waals surface area contributed by atoms with E-state index in [0.29, 0.717) is 31.8 Å². The second-order valence-electron chi connectivity index (χ2n) is 6.97. The number of hydrogen-bond acceptors (Lipinski definition) is 7. The Bertz CT molecular complexity index is 704. The van der Waals surface area contributed by atoms with Gasteiger partial charge in [-0.25, -0.2) is 5.01 Å². The third-order valence-corrected chi connectivity index (χ3v) is 5.13. The number of nitrogens with zero attached hydrogens (tertiary/aromatic N) is 5. The van der Waals surface area contributed by atoms with Crippen molar-refractivity contribution in [2.75, 3.05) is 20.1 Å². The molecule has 0 radical (unpaired) electrons. The normalized spacial score (nSPS) is 29.9. The summed E-state index contributed by atoms with van der Waals surface area (Å²) in [5.74, 6) is -0.222. The Morgan fingerprint density at radius 3 is 2.96 bits per heavy atom. The molecular weight excluding hydrogens is 334 g/mol. The minimum atomic E-state index is -0.807. The van der Waals surface area contributed by atoms with Gasteiger partial charge in [0.2, 0.25) is 0 Å². The molecule has 0 bridgehead atoms. The molecule has 26 heavy (non-hydrogen) atoms. The number of carbonyl (C=O) groups is 1. The lowest BCUT2D eigenvalue weighted by Crippen LogP contribution is -2.48. The monoisotopic (exact) mass is 359 g/mol. The number of amidine groups is 1. The highest BCUT2D eigenvalue weighted by atomic mass is 16.4. The minimum Gasteiger partial charge on any atom is -0.480 e. The van der Waals surface area contributed by atoms with Gasteiger partial charge in [0.05, 0.1) is 12.8 Å². The fraction of sp³-hybridized carbons (Fsp3) is 0.588. The predicted octanol–water partition coefficient (Wildman–Crippen LogP) is 0.753. The summed E-state index contributed by atoms with van der Waals surface area (Å²) in [6.07, 6.45) is 3.27. The lowest BCUT2D eigenvalue weighted by atomic mass is 9.88. The summed E-state index contributed by atoms with van der Waals surface area (Å²) in [4.78, 5) is 16.0. The van der Waals surface area contributed by atoms with E-state index in [0.717, 1.165) is 23.3 Å². The van der Waals surface area contributed by atoms with Crippen molar-refractivity contribution < 1.29 is 9.90 Å². The summed E-state index contributed by atoms with van der Waals surface area (Å²) in [7, 11) is 1.85. The number of aliphatic imine (C=N–C) groups is 1. The van der Waals surface area contributed by atoms with Gasteiger partial charge in [0.15, 0.2) is 6.17 Å². The zero-order valence-corrected chi connectivity index (χ0v) is 15.1. The van der Waals surface area contributed by atoms with Crippen molar-refractivity contribution in [2.24, 2.45) is 21.1 Å². The smallest absolute Gasteiger partial charge is 0.320 e. The van der Waals surface area contributed by atoms with Gasteiger partial charge in [-0.05, 0) is 25.3 Å². The van der Waals surface area contributed by atoms with Crippen molar-refractivity contribution in [3.05, 3.63) is 11.1 Å².